The van der Waals surface area contributed by atoms with E-state index < -0.39 is 27.8 Å². The number of sulfonamides is 1. The van der Waals surface area contributed by atoms with Gasteiger partial charge < -0.3 is 5.32 Å². The first kappa shape index (κ1) is 23.9. The smallest absolute Gasteiger partial charge is 0.348 e. The van der Waals surface area contributed by atoms with Crippen LogP contribution in [0.3, 0.4) is 0 Å². The molecule has 0 aliphatic rings. The van der Waals surface area contributed by atoms with Crippen LogP contribution in [0.15, 0.2) is 42.6 Å². The lowest BCUT2D eigenvalue weighted by atomic mass is 10.2. The molecular formula is C18H15ClF3N5O3S2. The first-order valence-electron chi connectivity index (χ1n) is 8.91. The molecule has 0 aliphatic carbocycles. The summed E-state index contributed by atoms with van der Waals surface area (Å²) in [5.41, 5.74) is 0.282. The van der Waals surface area contributed by atoms with Gasteiger partial charge in [0.25, 0.3) is 5.91 Å². The van der Waals surface area contributed by atoms with E-state index in [1.54, 1.807) is 0 Å². The Balaban J connectivity index is 1.53. The minimum absolute atomic E-state index is 0.0214. The molecule has 170 valence electrons. The highest BCUT2D eigenvalue weighted by Gasteiger charge is 2.32. The van der Waals surface area contributed by atoms with Crippen molar-refractivity contribution in [3.8, 4) is 0 Å². The fourth-order valence-electron chi connectivity index (χ4n) is 2.48. The monoisotopic (exact) mass is 505 g/mol. The highest BCUT2D eigenvalue weighted by Crippen LogP contribution is 2.27. The van der Waals surface area contributed by atoms with Crippen LogP contribution in [-0.2, 0) is 29.2 Å². The number of carbonyl (C=O) groups is 1. The number of anilines is 1. The zero-order valence-electron chi connectivity index (χ0n) is 16.1. The molecule has 8 nitrogen and oxygen atoms in total. The lowest BCUT2D eigenvalue weighted by Gasteiger charge is -2.09. The van der Waals surface area contributed by atoms with Crippen LogP contribution >= 0.6 is 23.1 Å². The topological polar surface area (TPSA) is 114 Å². The van der Waals surface area contributed by atoms with Gasteiger partial charge in [0.2, 0.25) is 10.0 Å². The summed E-state index contributed by atoms with van der Waals surface area (Å²) < 4.78 is 68.4. The van der Waals surface area contributed by atoms with Gasteiger partial charge in [0.15, 0.2) is 0 Å². The molecule has 2 aromatic heterocycles. The molecule has 2 heterocycles. The molecule has 0 radical (unpaired) electrons. The molecule has 32 heavy (non-hydrogen) atoms. The number of hydrogen-bond donors (Lipinski definition) is 2. The Bertz CT molecular complexity index is 1180. The standard InChI is InChI=1S/C18H15ClF3N5O3S2/c19-16-14(25-27-31-16)7-8-32(29,30)26-13-4-2-12(3-5-13)17(28)24-10-11-1-6-15(23-9-11)18(20,21)22/h1-6,9,26H,7-8,10H2,(H,24,28). The zero-order chi connectivity index (χ0) is 23.4. The number of aromatic nitrogens is 3. The van der Waals surface area contributed by atoms with Gasteiger partial charge in [-0.15, -0.1) is 5.10 Å². The number of benzene rings is 1. The zero-order valence-corrected chi connectivity index (χ0v) is 18.4. The third-order valence-electron chi connectivity index (χ3n) is 4.11. The summed E-state index contributed by atoms with van der Waals surface area (Å²) in [5.74, 6) is -0.730. The van der Waals surface area contributed by atoms with Crippen molar-refractivity contribution >= 4 is 44.8 Å². The lowest BCUT2D eigenvalue weighted by molar-refractivity contribution is -0.141. The summed E-state index contributed by atoms with van der Waals surface area (Å²) in [5, 5.41) is 6.32. The van der Waals surface area contributed by atoms with Gasteiger partial charge in [-0.05, 0) is 35.9 Å². The Labute approximate surface area is 190 Å². The predicted octanol–water partition coefficient (Wildman–Crippen LogP) is 3.52. The Hall–Kier alpha value is -2.77. The quantitative estimate of drug-likeness (QED) is 0.484. The number of amides is 1. The van der Waals surface area contributed by atoms with Crippen molar-refractivity contribution in [2.75, 3.05) is 10.5 Å². The maximum absolute atomic E-state index is 12.5. The van der Waals surface area contributed by atoms with Crippen molar-refractivity contribution in [3.63, 3.8) is 0 Å². The van der Waals surface area contributed by atoms with Crippen molar-refractivity contribution in [1.29, 1.82) is 0 Å². The van der Waals surface area contributed by atoms with Crippen LogP contribution < -0.4 is 10.0 Å². The van der Waals surface area contributed by atoms with Crippen LogP contribution in [0.4, 0.5) is 18.9 Å². The average molecular weight is 506 g/mol. The first-order chi connectivity index (χ1) is 15.0. The number of carbonyl (C=O) groups excluding carboxylic acids is 1. The summed E-state index contributed by atoms with van der Waals surface area (Å²) >= 11 is 6.83. The molecule has 0 spiro atoms. The van der Waals surface area contributed by atoms with E-state index in [0.29, 0.717) is 15.6 Å². The minimum Gasteiger partial charge on any atom is -0.348 e. The van der Waals surface area contributed by atoms with Crippen molar-refractivity contribution in [1.82, 2.24) is 19.9 Å². The maximum atomic E-state index is 12.5. The molecule has 2 N–H and O–H groups in total. The van der Waals surface area contributed by atoms with Crippen molar-refractivity contribution < 1.29 is 26.4 Å². The molecule has 0 aliphatic heterocycles. The Kier molecular flexibility index (Phi) is 7.31. The number of pyridine rings is 1. The predicted molar refractivity (Wildman–Crippen MR) is 113 cm³/mol. The lowest BCUT2D eigenvalue weighted by Crippen LogP contribution is -2.23. The van der Waals surface area contributed by atoms with Crippen LogP contribution in [0.5, 0.6) is 0 Å². The van der Waals surface area contributed by atoms with Crippen molar-refractivity contribution in [2.24, 2.45) is 0 Å². The number of hydrogen-bond acceptors (Lipinski definition) is 7. The molecule has 3 rings (SSSR count). The van der Waals surface area contributed by atoms with Gasteiger partial charge in [-0.2, -0.15) is 13.2 Å². The van der Waals surface area contributed by atoms with E-state index >= 15 is 0 Å². The van der Waals surface area contributed by atoms with Gasteiger partial charge in [-0.1, -0.05) is 22.2 Å². The molecule has 0 unspecified atom stereocenters. The molecule has 1 aromatic carbocycles. The van der Waals surface area contributed by atoms with Gasteiger partial charge >= 0.3 is 6.18 Å². The summed E-state index contributed by atoms with van der Waals surface area (Å²) in [7, 11) is -3.68. The number of halogens is 4. The second-order valence-corrected chi connectivity index (χ2v) is 9.67. The molecule has 0 saturated heterocycles. The third-order valence-corrected chi connectivity index (χ3v) is 6.38. The fourth-order valence-corrected chi connectivity index (χ4v) is 4.22. The van der Waals surface area contributed by atoms with Crippen molar-refractivity contribution in [2.45, 2.75) is 19.1 Å². The average Bonchev–Trinajstić information content (AvgIpc) is 3.15. The highest BCUT2D eigenvalue weighted by molar-refractivity contribution is 7.92. The van der Waals surface area contributed by atoms with Crippen LogP contribution in [0.25, 0.3) is 0 Å². The molecule has 1 amide bonds. The van der Waals surface area contributed by atoms with E-state index in [1.165, 1.54) is 30.3 Å². The number of alkyl halides is 3. The maximum Gasteiger partial charge on any atom is 0.433 e. The Morgan fingerprint density at radius 1 is 1.12 bits per heavy atom. The fraction of sp³-hybridized carbons (Fsp3) is 0.222. The normalized spacial score (nSPS) is 11.9. The van der Waals surface area contributed by atoms with E-state index in [2.05, 4.69) is 24.6 Å². The van der Waals surface area contributed by atoms with Gasteiger partial charge in [0, 0.05) is 41.9 Å². The number of aryl methyl sites for hydroxylation is 1. The molecule has 0 bridgehead atoms. The summed E-state index contributed by atoms with van der Waals surface area (Å²) in [4.78, 5) is 15.6. The number of nitrogens with zero attached hydrogens (tertiary/aromatic N) is 3. The molecule has 14 heteroatoms. The number of nitrogens with one attached hydrogen (secondary N) is 2. The van der Waals surface area contributed by atoms with Crippen LogP contribution in [0.2, 0.25) is 4.34 Å². The third kappa shape index (κ3) is 6.61. The van der Waals surface area contributed by atoms with E-state index in [0.717, 1.165) is 23.8 Å². The first-order valence-corrected chi connectivity index (χ1v) is 11.7. The molecule has 3 aromatic rings. The SMILES string of the molecule is O=C(NCc1ccc(C(F)(F)F)nc1)c1ccc(NS(=O)(=O)CCc2nnsc2Cl)cc1. The largest absolute Gasteiger partial charge is 0.433 e. The summed E-state index contributed by atoms with van der Waals surface area (Å²) in [6.45, 7) is -0.0214. The van der Waals surface area contributed by atoms with Crippen LogP contribution in [-0.4, -0.2) is 34.6 Å². The second kappa shape index (κ2) is 9.79. The molecule has 0 atom stereocenters. The summed E-state index contributed by atoms with van der Waals surface area (Å²) in [6, 6.07) is 7.73. The van der Waals surface area contributed by atoms with Gasteiger partial charge in [-0.25, -0.2) is 8.42 Å². The van der Waals surface area contributed by atoms with Gasteiger partial charge in [0.1, 0.15) is 10.0 Å². The van der Waals surface area contributed by atoms with E-state index in [9.17, 15) is 26.4 Å². The van der Waals surface area contributed by atoms with Crippen LogP contribution in [0.1, 0.15) is 27.3 Å². The highest BCUT2D eigenvalue weighted by atomic mass is 35.5. The summed E-state index contributed by atoms with van der Waals surface area (Å²) in [6.07, 6.45) is -3.39. The van der Waals surface area contributed by atoms with Gasteiger partial charge in [-0.3, -0.25) is 14.5 Å². The molecule has 0 fully saturated rings. The number of rotatable bonds is 8. The van der Waals surface area contributed by atoms with Gasteiger partial charge in [0.05, 0.1) is 11.4 Å². The van der Waals surface area contributed by atoms with Crippen molar-refractivity contribution in [3.05, 3.63) is 69.4 Å². The molecule has 0 saturated carbocycles. The van der Waals surface area contributed by atoms with E-state index in [4.69, 9.17) is 11.6 Å². The molecular weight excluding hydrogens is 491 g/mol. The van der Waals surface area contributed by atoms with E-state index in [-0.39, 0.29) is 30.0 Å². The Morgan fingerprint density at radius 2 is 1.84 bits per heavy atom. The van der Waals surface area contributed by atoms with E-state index in [1.807, 2.05) is 0 Å². The minimum atomic E-state index is -4.53. The second-order valence-electron chi connectivity index (χ2n) is 6.47. The Morgan fingerprint density at radius 3 is 2.41 bits per heavy atom. The van der Waals surface area contributed by atoms with Crippen LogP contribution in [0, 0.1) is 0 Å².